The Kier molecular flexibility index (Phi) is 6.56. The molecular formula is C22H25N3O5. The molecule has 0 saturated carbocycles. The molecule has 0 aliphatic heterocycles. The largest absolute Gasteiger partial charge is 0.497 e. The summed E-state index contributed by atoms with van der Waals surface area (Å²) >= 11 is 0. The zero-order valence-corrected chi connectivity index (χ0v) is 17.4. The fourth-order valence-electron chi connectivity index (χ4n) is 2.95. The van der Waals surface area contributed by atoms with Crippen LogP contribution in [0.25, 0.3) is 5.65 Å². The van der Waals surface area contributed by atoms with E-state index in [0.29, 0.717) is 22.8 Å². The highest BCUT2D eigenvalue weighted by molar-refractivity contribution is 5.97. The first kappa shape index (κ1) is 21.2. The van der Waals surface area contributed by atoms with E-state index in [4.69, 9.17) is 14.2 Å². The van der Waals surface area contributed by atoms with Gasteiger partial charge >= 0.3 is 5.97 Å². The summed E-state index contributed by atoms with van der Waals surface area (Å²) in [6, 6.07) is 9.66. The second-order valence-corrected chi connectivity index (χ2v) is 7.10. The van der Waals surface area contributed by atoms with Crippen LogP contribution in [-0.2, 0) is 16.1 Å². The van der Waals surface area contributed by atoms with Gasteiger partial charge in [0.15, 0.2) is 0 Å². The molecule has 1 N–H and O–H groups in total. The van der Waals surface area contributed by atoms with Gasteiger partial charge in [0.05, 0.1) is 19.9 Å². The molecule has 8 nitrogen and oxygen atoms in total. The number of methoxy groups -OCH3 is 2. The average molecular weight is 411 g/mol. The van der Waals surface area contributed by atoms with Crippen molar-refractivity contribution in [2.45, 2.75) is 26.5 Å². The van der Waals surface area contributed by atoms with Gasteiger partial charge in [-0.2, -0.15) is 0 Å². The lowest BCUT2D eigenvalue weighted by Gasteiger charge is -2.21. The smallest absolute Gasteiger partial charge is 0.329 e. The van der Waals surface area contributed by atoms with E-state index in [9.17, 15) is 9.59 Å². The molecule has 0 bridgehead atoms. The molecule has 0 fully saturated rings. The number of aromatic nitrogens is 2. The summed E-state index contributed by atoms with van der Waals surface area (Å²) in [7, 11) is 3.01. The number of pyridine rings is 1. The van der Waals surface area contributed by atoms with E-state index < -0.39 is 17.9 Å². The zero-order chi connectivity index (χ0) is 21.7. The molecule has 3 aromatic rings. The van der Waals surface area contributed by atoms with E-state index in [2.05, 4.69) is 10.3 Å². The van der Waals surface area contributed by atoms with Crippen LogP contribution in [0.4, 0.5) is 0 Å². The van der Waals surface area contributed by atoms with E-state index >= 15 is 0 Å². The minimum absolute atomic E-state index is 0.0204. The second kappa shape index (κ2) is 9.30. The fraction of sp³-hybridized carbons (Fsp3) is 0.318. The van der Waals surface area contributed by atoms with Gasteiger partial charge < -0.3 is 23.9 Å². The molecule has 1 amide bonds. The van der Waals surface area contributed by atoms with Crippen molar-refractivity contribution >= 4 is 17.5 Å². The average Bonchev–Trinajstić information content (AvgIpc) is 3.18. The van der Waals surface area contributed by atoms with E-state index in [1.165, 1.54) is 14.2 Å². The summed E-state index contributed by atoms with van der Waals surface area (Å²) in [6.07, 6.45) is 3.67. The minimum Gasteiger partial charge on any atom is -0.497 e. The van der Waals surface area contributed by atoms with E-state index in [0.717, 1.165) is 5.65 Å². The number of nitrogens with one attached hydrogen (secondary N) is 1. The van der Waals surface area contributed by atoms with E-state index in [-0.39, 0.29) is 12.5 Å². The van der Waals surface area contributed by atoms with Crippen LogP contribution in [0.1, 0.15) is 29.9 Å². The quantitative estimate of drug-likeness (QED) is 0.573. The summed E-state index contributed by atoms with van der Waals surface area (Å²) in [4.78, 5) is 29.8. The second-order valence-electron chi connectivity index (χ2n) is 7.10. The van der Waals surface area contributed by atoms with E-state index in [1.54, 1.807) is 24.4 Å². The summed E-state index contributed by atoms with van der Waals surface area (Å²) in [5.74, 6) is -0.152. The number of hydrogen-bond donors (Lipinski definition) is 1. The molecule has 30 heavy (non-hydrogen) atoms. The normalized spacial score (nSPS) is 11.9. The molecule has 0 saturated heterocycles. The van der Waals surface area contributed by atoms with Gasteiger partial charge in [0, 0.05) is 24.0 Å². The number of ether oxygens (including phenoxy) is 3. The molecule has 0 aliphatic carbocycles. The van der Waals surface area contributed by atoms with Crippen LogP contribution in [0.15, 0.2) is 48.8 Å². The van der Waals surface area contributed by atoms with Crippen molar-refractivity contribution < 1.29 is 23.8 Å². The number of fused-ring (bicyclic) bond motifs is 1. The molecule has 0 unspecified atom stereocenters. The first-order chi connectivity index (χ1) is 14.4. The molecule has 0 spiro atoms. The molecule has 1 atom stereocenters. The van der Waals surface area contributed by atoms with Crippen LogP contribution in [0.2, 0.25) is 0 Å². The summed E-state index contributed by atoms with van der Waals surface area (Å²) < 4.78 is 17.7. The van der Waals surface area contributed by atoms with E-state index in [1.807, 2.05) is 42.6 Å². The maximum absolute atomic E-state index is 12.7. The standard InChI is InChI=1S/C22H25N3O5/c1-14(2)20(24-21(26)15-9-17(28-3)11-18(10-15)29-4)22(27)30-13-16-12-25-8-6-5-7-19(25)23-16/h5-12,14,20H,13H2,1-4H3,(H,24,26)/t20-/m0/s1. The molecule has 158 valence electrons. The molecule has 0 aliphatic rings. The van der Waals surface area contributed by atoms with Gasteiger partial charge in [-0.15, -0.1) is 0 Å². The number of carbonyl (C=O) groups is 2. The van der Waals surface area contributed by atoms with Gasteiger partial charge in [-0.3, -0.25) is 4.79 Å². The summed E-state index contributed by atoms with van der Waals surface area (Å²) in [6.45, 7) is 3.69. The van der Waals surface area contributed by atoms with Crippen molar-refractivity contribution in [1.82, 2.24) is 14.7 Å². The SMILES string of the molecule is COc1cc(OC)cc(C(=O)N[C@H](C(=O)OCc2cn3ccccc3n2)C(C)C)c1. The lowest BCUT2D eigenvalue weighted by atomic mass is 10.0. The Labute approximate surface area is 174 Å². The Morgan fingerprint density at radius 3 is 2.40 bits per heavy atom. The van der Waals surface area contributed by atoms with Crippen LogP contribution in [-0.4, -0.2) is 41.5 Å². The molecule has 2 heterocycles. The van der Waals surface area contributed by atoms with Crippen LogP contribution >= 0.6 is 0 Å². The Morgan fingerprint density at radius 2 is 1.80 bits per heavy atom. The third-order valence-corrected chi connectivity index (χ3v) is 4.60. The number of benzene rings is 1. The highest BCUT2D eigenvalue weighted by atomic mass is 16.5. The van der Waals surface area contributed by atoms with Crippen molar-refractivity contribution in [3.8, 4) is 11.5 Å². The maximum Gasteiger partial charge on any atom is 0.329 e. The number of rotatable bonds is 8. The number of carbonyl (C=O) groups excluding carboxylic acids is 2. The highest BCUT2D eigenvalue weighted by Gasteiger charge is 2.27. The van der Waals surface area contributed by atoms with Crippen molar-refractivity contribution in [3.63, 3.8) is 0 Å². The number of amides is 1. The predicted octanol–water partition coefficient (Wildman–Crippen LogP) is 2.85. The third-order valence-electron chi connectivity index (χ3n) is 4.60. The third kappa shape index (κ3) is 4.89. The van der Waals surface area contributed by atoms with Crippen molar-refractivity contribution in [2.24, 2.45) is 5.92 Å². The van der Waals surface area contributed by atoms with Gasteiger partial charge in [-0.25, -0.2) is 9.78 Å². The maximum atomic E-state index is 12.7. The van der Waals surface area contributed by atoms with Crippen LogP contribution in [0.3, 0.4) is 0 Å². The first-order valence-corrected chi connectivity index (χ1v) is 9.54. The van der Waals surface area contributed by atoms with Crippen LogP contribution in [0.5, 0.6) is 11.5 Å². The number of hydrogen-bond acceptors (Lipinski definition) is 6. The lowest BCUT2D eigenvalue weighted by Crippen LogP contribution is -2.45. The molecule has 8 heteroatoms. The van der Waals surface area contributed by atoms with Gasteiger partial charge in [0.2, 0.25) is 0 Å². The molecular weight excluding hydrogens is 386 g/mol. The molecule has 1 aromatic carbocycles. The summed E-state index contributed by atoms with van der Waals surface area (Å²) in [5, 5.41) is 2.75. The van der Waals surface area contributed by atoms with Crippen LogP contribution < -0.4 is 14.8 Å². The fourth-order valence-corrected chi connectivity index (χ4v) is 2.95. The number of nitrogens with zero attached hydrogens (tertiary/aromatic N) is 2. The topological polar surface area (TPSA) is 91.2 Å². The zero-order valence-electron chi connectivity index (χ0n) is 17.4. The first-order valence-electron chi connectivity index (χ1n) is 9.54. The molecule has 2 aromatic heterocycles. The Bertz CT molecular complexity index is 989. The van der Waals surface area contributed by atoms with Crippen molar-refractivity contribution in [1.29, 1.82) is 0 Å². The predicted molar refractivity (Wildman–Crippen MR) is 111 cm³/mol. The highest BCUT2D eigenvalue weighted by Crippen LogP contribution is 2.22. The van der Waals surface area contributed by atoms with Gasteiger partial charge in [0.1, 0.15) is 29.8 Å². The monoisotopic (exact) mass is 411 g/mol. The van der Waals surface area contributed by atoms with Gasteiger partial charge in [0.25, 0.3) is 5.91 Å². The molecule has 3 rings (SSSR count). The van der Waals surface area contributed by atoms with Crippen molar-refractivity contribution in [3.05, 3.63) is 60.0 Å². The lowest BCUT2D eigenvalue weighted by molar-refractivity contribution is -0.148. The Hall–Kier alpha value is -3.55. The van der Waals surface area contributed by atoms with Crippen molar-refractivity contribution in [2.75, 3.05) is 14.2 Å². The van der Waals surface area contributed by atoms with Crippen LogP contribution in [0, 0.1) is 5.92 Å². The van der Waals surface area contributed by atoms with Gasteiger partial charge in [-0.05, 0) is 30.2 Å². The number of imidazole rings is 1. The minimum atomic E-state index is -0.813. The Balaban J connectivity index is 1.68. The molecule has 0 radical (unpaired) electrons. The van der Waals surface area contributed by atoms with Gasteiger partial charge in [-0.1, -0.05) is 19.9 Å². The Morgan fingerprint density at radius 1 is 1.10 bits per heavy atom. The summed E-state index contributed by atoms with van der Waals surface area (Å²) in [5.41, 5.74) is 1.72. The number of esters is 1.